The molecular weight excluding hydrogens is 482 g/mol. The van der Waals surface area contributed by atoms with E-state index in [9.17, 15) is 19.5 Å². The molecule has 0 bridgehead atoms. The first kappa shape index (κ1) is 26.0. The first-order chi connectivity index (χ1) is 18.4. The molecule has 2 aliphatic heterocycles. The van der Waals surface area contributed by atoms with Gasteiger partial charge in [-0.2, -0.15) is 0 Å². The number of piperazine rings is 1. The number of benzene rings is 3. The lowest BCUT2D eigenvalue weighted by atomic mass is 9.94. The molecule has 0 aromatic heterocycles. The monoisotopic (exact) mass is 515 g/mol. The van der Waals surface area contributed by atoms with Crippen LogP contribution in [0, 0.1) is 0 Å². The highest BCUT2D eigenvalue weighted by molar-refractivity contribution is 6.25. The number of amides is 2. The summed E-state index contributed by atoms with van der Waals surface area (Å²) in [7, 11) is 0. The van der Waals surface area contributed by atoms with Crippen LogP contribution in [0.4, 0.5) is 0 Å². The van der Waals surface area contributed by atoms with Crippen molar-refractivity contribution in [1.82, 2.24) is 14.7 Å². The normalized spacial score (nSPS) is 17.2. The van der Waals surface area contributed by atoms with Gasteiger partial charge >= 0.3 is 0 Å². The molecule has 198 valence electrons. The van der Waals surface area contributed by atoms with E-state index in [1.54, 1.807) is 36.4 Å². The van der Waals surface area contributed by atoms with E-state index in [4.69, 9.17) is 4.74 Å². The molecule has 5 rings (SSSR count). The molecule has 2 heterocycles. The highest BCUT2D eigenvalue weighted by atomic mass is 16.5. The number of hydrogen-bond acceptors (Lipinski definition) is 7. The van der Waals surface area contributed by atoms with Crippen molar-refractivity contribution in [2.24, 2.45) is 0 Å². The van der Waals surface area contributed by atoms with Gasteiger partial charge in [-0.15, -0.1) is 0 Å². The number of ether oxygens (including phenoxy) is 1. The first-order valence-corrected chi connectivity index (χ1v) is 13.2. The fraction of sp³-hybridized carbons (Fsp3) is 0.367. The van der Waals surface area contributed by atoms with Gasteiger partial charge in [0.25, 0.3) is 11.8 Å². The largest absolute Gasteiger partial charge is 0.491 e. The highest BCUT2D eigenvalue weighted by Gasteiger charge is 2.33. The third kappa shape index (κ3) is 5.48. The van der Waals surface area contributed by atoms with Gasteiger partial charge in [0, 0.05) is 74.3 Å². The quantitative estimate of drug-likeness (QED) is 0.328. The maximum absolute atomic E-state index is 13.1. The minimum Gasteiger partial charge on any atom is -0.491 e. The van der Waals surface area contributed by atoms with Crippen LogP contribution in [0.25, 0.3) is 10.8 Å². The molecule has 8 heteroatoms. The molecule has 0 aliphatic carbocycles. The molecule has 1 atom stereocenters. The molecule has 0 radical (unpaired) electrons. The molecule has 0 unspecified atom stereocenters. The number of carbonyl (C=O) groups is 3. The number of Topliss-reactive ketones (excluding diaryl/α,β-unsaturated/α-hetero) is 1. The highest BCUT2D eigenvalue weighted by Crippen LogP contribution is 2.29. The van der Waals surface area contributed by atoms with Gasteiger partial charge in [0.15, 0.2) is 5.78 Å². The zero-order chi connectivity index (χ0) is 26.6. The zero-order valence-corrected chi connectivity index (χ0v) is 21.6. The van der Waals surface area contributed by atoms with Gasteiger partial charge in [0.1, 0.15) is 18.5 Å². The molecule has 8 nitrogen and oxygen atoms in total. The van der Waals surface area contributed by atoms with E-state index >= 15 is 0 Å². The molecule has 38 heavy (non-hydrogen) atoms. The van der Waals surface area contributed by atoms with Gasteiger partial charge in [-0.3, -0.25) is 29.1 Å². The fourth-order valence-electron chi connectivity index (χ4n) is 5.20. The van der Waals surface area contributed by atoms with Gasteiger partial charge in [-0.1, -0.05) is 31.2 Å². The van der Waals surface area contributed by atoms with Gasteiger partial charge < -0.3 is 9.84 Å². The van der Waals surface area contributed by atoms with E-state index in [0.29, 0.717) is 48.5 Å². The second-order valence-corrected chi connectivity index (χ2v) is 9.88. The summed E-state index contributed by atoms with van der Waals surface area (Å²) < 4.78 is 5.70. The van der Waals surface area contributed by atoms with Gasteiger partial charge in [0.2, 0.25) is 0 Å². The Balaban J connectivity index is 1.07. The topological polar surface area (TPSA) is 90.4 Å². The minimum absolute atomic E-state index is 0.0906. The maximum atomic E-state index is 13.1. The predicted molar refractivity (Wildman–Crippen MR) is 145 cm³/mol. The maximum Gasteiger partial charge on any atom is 0.261 e. The summed E-state index contributed by atoms with van der Waals surface area (Å²) in [5.41, 5.74) is 1.84. The third-order valence-corrected chi connectivity index (χ3v) is 7.37. The predicted octanol–water partition coefficient (Wildman–Crippen LogP) is 3.09. The Hall–Kier alpha value is -3.59. The van der Waals surface area contributed by atoms with Crippen LogP contribution in [0.3, 0.4) is 0 Å². The van der Waals surface area contributed by atoms with Crippen molar-refractivity contribution < 1.29 is 24.2 Å². The summed E-state index contributed by atoms with van der Waals surface area (Å²) in [4.78, 5) is 43.8. The van der Waals surface area contributed by atoms with Crippen LogP contribution in [-0.2, 0) is 0 Å². The number of nitrogens with zero attached hydrogens (tertiary/aromatic N) is 3. The molecule has 0 spiro atoms. The van der Waals surface area contributed by atoms with Crippen LogP contribution in [0.15, 0.2) is 60.7 Å². The lowest BCUT2D eigenvalue weighted by molar-refractivity contribution is 0.0416. The van der Waals surface area contributed by atoms with Crippen molar-refractivity contribution in [2.75, 3.05) is 52.4 Å². The zero-order valence-electron chi connectivity index (χ0n) is 21.6. The number of aliphatic hydroxyl groups is 1. The second kappa shape index (κ2) is 11.4. The van der Waals surface area contributed by atoms with Gasteiger partial charge in [-0.05, 0) is 41.8 Å². The van der Waals surface area contributed by atoms with E-state index in [1.807, 2.05) is 31.2 Å². The van der Waals surface area contributed by atoms with Crippen LogP contribution in [0.1, 0.15) is 44.4 Å². The number of β-amino-alcohol motifs (C(OH)–C–C–N with tert-alkyl or cyclic N) is 1. The van der Waals surface area contributed by atoms with Crippen LogP contribution in [-0.4, -0.2) is 95.9 Å². The van der Waals surface area contributed by atoms with Crippen LogP contribution in [0.2, 0.25) is 0 Å². The second-order valence-electron chi connectivity index (χ2n) is 9.88. The number of carbonyl (C=O) groups excluding carboxylic acids is 3. The Morgan fingerprint density at radius 3 is 2.08 bits per heavy atom. The van der Waals surface area contributed by atoms with E-state index in [2.05, 4.69) is 9.80 Å². The smallest absolute Gasteiger partial charge is 0.261 e. The average molecular weight is 516 g/mol. The number of hydrogen-bond donors (Lipinski definition) is 1. The van der Waals surface area contributed by atoms with Crippen molar-refractivity contribution in [1.29, 1.82) is 0 Å². The molecular formula is C30H33N3O5. The van der Waals surface area contributed by atoms with Gasteiger partial charge in [-0.25, -0.2) is 0 Å². The Bertz CT molecular complexity index is 1280. The molecule has 3 aromatic carbocycles. The number of aliphatic hydroxyl groups excluding tert-OH is 1. The fourth-order valence-corrected chi connectivity index (χ4v) is 5.20. The molecule has 2 aliphatic rings. The van der Waals surface area contributed by atoms with Crippen LogP contribution < -0.4 is 4.74 Å². The Morgan fingerprint density at radius 1 is 0.868 bits per heavy atom. The summed E-state index contributed by atoms with van der Waals surface area (Å²) in [5.74, 6) is 0.260. The van der Waals surface area contributed by atoms with Crippen molar-refractivity contribution in [3.8, 4) is 5.75 Å². The molecule has 0 saturated carbocycles. The van der Waals surface area contributed by atoms with Crippen LogP contribution in [0.5, 0.6) is 5.75 Å². The average Bonchev–Trinajstić information content (AvgIpc) is 2.95. The number of ketones is 1. The van der Waals surface area contributed by atoms with Gasteiger partial charge in [0.05, 0.1) is 0 Å². The van der Waals surface area contributed by atoms with Crippen molar-refractivity contribution >= 4 is 28.4 Å². The lowest BCUT2D eigenvalue weighted by Gasteiger charge is -2.36. The Labute approximate surface area is 222 Å². The van der Waals surface area contributed by atoms with E-state index in [0.717, 1.165) is 37.0 Å². The number of rotatable bonds is 10. The summed E-state index contributed by atoms with van der Waals surface area (Å²) >= 11 is 0. The summed E-state index contributed by atoms with van der Waals surface area (Å²) in [5, 5.41) is 12.1. The Morgan fingerprint density at radius 2 is 1.47 bits per heavy atom. The lowest BCUT2D eigenvalue weighted by Crippen LogP contribution is -2.51. The molecule has 3 aromatic rings. The standard InChI is InChI=1S/C30H33N3O5/c1-2-27(35)21-9-11-24(12-10-21)38-20-23(34)19-32-15-13-31(14-16-32)17-18-33-29(36)25-7-3-5-22-6-4-8-26(28(22)25)30(33)37/h3-12,23,34H,2,13-20H2,1H3/t23-/m1/s1. The summed E-state index contributed by atoms with van der Waals surface area (Å²) in [6, 6.07) is 18.2. The Kier molecular flexibility index (Phi) is 7.83. The van der Waals surface area contributed by atoms with Crippen LogP contribution >= 0.6 is 0 Å². The van der Waals surface area contributed by atoms with Crippen molar-refractivity contribution in [3.63, 3.8) is 0 Å². The summed E-state index contributed by atoms with van der Waals surface area (Å²) in [6.07, 6.45) is -0.170. The number of imide groups is 1. The minimum atomic E-state index is -0.634. The van der Waals surface area contributed by atoms with Crippen molar-refractivity contribution in [3.05, 3.63) is 77.4 Å². The summed E-state index contributed by atoms with van der Waals surface area (Å²) in [6.45, 7) is 6.64. The van der Waals surface area contributed by atoms with E-state index in [1.165, 1.54) is 4.90 Å². The van der Waals surface area contributed by atoms with E-state index < -0.39 is 6.10 Å². The SMILES string of the molecule is CCC(=O)c1ccc(OC[C@H](O)CN2CCN(CCN3C(=O)c4cccc5cccc(c45)C3=O)CC2)cc1. The molecule has 2 amide bonds. The van der Waals surface area contributed by atoms with Crippen molar-refractivity contribution in [2.45, 2.75) is 19.4 Å². The molecule has 1 N–H and O–H groups in total. The third-order valence-electron chi connectivity index (χ3n) is 7.37. The molecule has 1 saturated heterocycles. The first-order valence-electron chi connectivity index (χ1n) is 13.2. The van der Waals surface area contributed by atoms with E-state index in [-0.39, 0.29) is 24.2 Å². The molecule has 1 fully saturated rings.